The summed E-state index contributed by atoms with van der Waals surface area (Å²) in [5, 5.41) is 0. The second-order valence-corrected chi connectivity index (χ2v) is 6.10. The highest BCUT2D eigenvalue weighted by molar-refractivity contribution is 4.69. The van der Waals surface area contributed by atoms with E-state index in [1.165, 1.54) is 70.6 Å². The van der Waals surface area contributed by atoms with Gasteiger partial charge in [0.1, 0.15) is 0 Å². The minimum Gasteiger partial charge on any atom is -0.0654 e. The Labute approximate surface area is 104 Å². The summed E-state index contributed by atoms with van der Waals surface area (Å²) in [6, 6.07) is 0. The molecule has 0 fully saturated rings. The Morgan fingerprint density at radius 2 is 1.06 bits per heavy atom. The first kappa shape index (κ1) is 16.0. The molecule has 0 saturated heterocycles. The molecule has 0 atom stereocenters. The van der Waals surface area contributed by atoms with E-state index >= 15 is 0 Å². The van der Waals surface area contributed by atoms with Gasteiger partial charge in [-0.3, -0.25) is 0 Å². The van der Waals surface area contributed by atoms with Crippen molar-refractivity contribution in [3.05, 3.63) is 6.92 Å². The summed E-state index contributed by atoms with van der Waals surface area (Å²) in [5.41, 5.74) is 0.292. The Morgan fingerprint density at radius 1 is 0.688 bits per heavy atom. The average Bonchev–Trinajstić information content (AvgIpc) is 2.19. The van der Waals surface area contributed by atoms with Crippen molar-refractivity contribution in [2.24, 2.45) is 5.41 Å². The van der Waals surface area contributed by atoms with Crippen LogP contribution in [0.2, 0.25) is 0 Å². The van der Waals surface area contributed by atoms with Crippen molar-refractivity contribution >= 4 is 0 Å². The summed E-state index contributed by atoms with van der Waals surface area (Å²) in [6.45, 7) is 10.9. The number of rotatable bonds is 11. The van der Waals surface area contributed by atoms with Gasteiger partial charge in [0.15, 0.2) is 0 Å². The van der Waals surface area contributed by atoms with Gasteiger partial charge in [0.25, 0.3) is 0 Å². The van der Waals surface area contributed by atoms with Crippen LogP contribution in [-0.4, -0.2) is 0 Å². The molecule has 0 nitrogen and oxygen atoms in total. The molecule has 0 aliphatic heterocycles. The van der Waals surface area contributed by atoms with Gasteiger partial charge in [0.05, 0.1) is 0 Å². The third-order valence-electron chi connectivity index (χ3n) is 3.21. The first-order valence-corrected chi connectivity index (χ1v) is 7.41. The zero-order chi connectivity index (χ0) is 12.3. The van der Waals surface area contributed by atoms with Crippen molar-refractivity contribution in [1.82, 2.24) is 0 Å². The zero-order valence-corrected chi connectivity index (χ0v) is 12.0. The predicted octanol–water partition coefficient (Wildman–Crippen LogP) is 6.16. The monoisotopic (exact) mass is 225 g/mol. The van der Waals surface area contributed by atoms with Crippen LogP contribution in [0.25, 0.3) is 0 Å². The van der Waals surface area contributed by atoms with Gasteiger partial charge in [-0.2, -0.15) is 0 Å². The minimum absolute atomic E-state index is 0.292. The molecule has 1 radical (unpaired) electrons. The second kappa shape index (κ2) is 10.2. The van der Waals surface area contributed by atoms with E-state index in [1.54, 1.807) is 0 Å². The highest BCUT2D eigenvalue weighted by atomic mass is 14.1. The Kier molecular flexibility index (Phi) is 10.2. The van der Waals surface area contributed by atoms with Gasteiger partial charge >= 0.3 is 0 Å². The third-order valence-corrected chi connectivity index (χ3v) is 3.21. The summed E-state index contributed by atoms with van der Waals surface area (Å²) in [4.78, 5) is 0. The standard InChI is InChI=1S/C16H33/c1-5-6-7-8-9-10-11-12-13-14-15-16(2,3)4/h2,5-15H2,1,3-4H3. The van der Waals surface area contributed by atoms with E-state index < -0.39 is 0 Å². The smallest absolute Gasteiger partial charge is 0.0354 e. The lowest BCUT2D eigenvalue weighted by Crippen LogP contribution is -2.04. The Bertz CT molecular complexity index is 129. The summed E-state index contributed by atoms with van der Waals surface area (Å²) >= 11 is 0. The maximum absolute atomic E-state index is 4.15. The Hall–Kier alpha value is 0. The van der Waals surface area contributed by atoms with E-state index in [9.17, 15) is 0 Å². The van der Waals surface area contributed by atoms with Gasteiger partial charge in [-0.15, -0.1) is 0 Å². The molecule has 0 aromatic carbocycles. The molecule has 0 aromatic heterocycles. The van der Waals surface area contributed by atoms with E-state index in [2.05, 4.69) is 27.7 Å². The molecule has 0 bridgehead atoms. The van der Waals surface area contributed by atoms with Gasteiger partial charge in [-0.1, -0.05) is 85.0 Å². The van der Waals surface area contributed by atoms with Crippen molar-refractivity contribution in [3.8, 4) is 0 Å². The molecule has 97 valence electrons. The van der Waals surface area contributed by atoms with Crippen LogP contribution in [0.15, 0.2) is 0 Å². The van der Waals surface area contributed by atoms with Crippen LogP contribution in [0.1, 0.15) is 91.4 Å². The maximum Gasteiger partial charge on any atom is -0.0354 e. The molecule has 0 saturated carbocycles. The fraction of sp³-hybridized carbons (Fsp3) is 0.938. The van der Waals surface area contributed by atoms with Crippen molar-refractivity contribution < 1.29 is 0 Å². The summed E-state index contributed by atoms with van der Waals surface area (Å²) in [7, 11) is 0. The number of hydrogen-bond donors (Lipinski definition) is 0. The molecular weight excluding hydrogens is 192 g/mol. The number of hydrogen-bond acceptors (Lipinski definition) is 0. The summed E-state index contributed by atoms with van der Waals surface area (Å²) in [6.07, 6.45) is 15.6. The third kappa shape index (κ3) is 14.0. The molecule has 0 heteroatoms. The average molecular weight is 225 g/mol. The molecule has 0 aliphatic carbocycles. The molecular formula is C16H33. The van der Waals surface area contributed by atoms with Crippen LogP contribution in [0.3, 0.4) is 0 Å². The molecule has 16 heavy (non-hydrogen) atoms. The molecule has 0 unspecified atom stereocenters. The van der Waals surface area contributed by atoms with Crippen LogP contribution in [0.5, 0.6) is 0 Å². The van der Waals surface area contributed by atoms with Crippen molar-refractivity contribution in [1.29, 1.82) is 0 Å². The lowest BCUT2D eigenvalue weighted by Gasteiger charge is -2.17. The molecule has 0 N–H and O–H groups in total. The van der Waals surface area contributed by atoms with Crippen LogP contribution < -0.4 is 0 Å². The lowest BCUT2D eigenvalue weighted by molar-refractivity contribution is 0.403. The molecule has 0 aliphatic rings. The fourth-order valence-electron chi connectivity index (χ4n) is 2.09. The van der Waals surface area contributed by atoms with Crippen molar-refractivity contribution in [2.75, 3.05) is 0 Å². The summed E-state index contributed by atoms with van der Waals surface area (Å²) < 4.78 is 0. The SMILES string of the molecule is [CH2]C(C)(C)CCCCCCCCCCCC. The van der Waals surface area contributed by atoms with Gasteiger partial charge < -0.3 is 0 Å². The van der Waals surface area contributed by atoms with Crippen LogP contribution in [-0.2, 0) is 0 Å². The second-order valence-electron chi connectivity index (χ2n) is 6.10. The van der Waals surface area contributed by atoms with E-state index in [-0.39, 0.29) is 0 Å². The molecule has 0 spiro atoms. The van der Waals surface area contributed by atoms with Crippen molar-refractivity contribution in [2.45, 2.75) is 91.4 Å². The normalized spacial score (nSPS) is 12.0. The van der Waals surface area contributed by atoms with E-state index in [4.69, 9.17) is 0 Å². The predicted molar refractivity (Wildman–Crippen MR) is 75.6 cm³/mol. The van der Waals surface area contributed by atoms with E-state index in [0.29, 0.717) is 5.41 Å². The fourth-order valence-corrected chi connectivity index (χ4v) is 2.09. The van der Waals surface area contributed by atoms with Gasteiger partial charge in [-0.05, 0) is 18.8 Å². The highest BCUT2D eigenvalue weighted by Crippen LogP contribution is 2.22. The van der Waals surface area contributed by atoms with Gasteiger partial charge in [-0.25, -0.2) is 0 Å². The molecule has 0 heterocycles. The zero-order valence-electron chi connectivity index (χ0n) is 12.0. The van der Waals surface area contributed by atoms with Crippen LogP contribution in [0.4, 0.5) is 0 Å². The first-order valence-electron chi connectivity index (χ1n) is 7.41. The highest BCUT2D eigenvalue weighted by Gasteiger charge is 2.08. The number of unbranched alkanes of at least 4 members (excludes halogenated alkanes) is 9. The lowest BCUT2D eigenvalue weighted by atomic mass is 9.89. The quantitative estimate of drug-likeness (QED) is 0.369. The summed E-state index contributed by atoms with van der Waals surface area (Å²) in [5.74, 6) is 0. The maximum atomic E-state index is 4.15. The minimum atomic E-state index is 0.292. The Morgan fingerprint density at radius 3 is 1.44 bits per heavy atom. The van der Waals surface area contributed by atoms with Crippen LogP contribution >= 0.6 is 0 Å². The molecule has 0 rings (SSSR count). The van der Waals surface area contributed by atoms with Gasteiger partial charge in [0, 0.05) is 0 Å². The van der Waals surface area contributed by atoms with Gasteiger partial charge in [0.2, 0.25) is 0 Å². The van der Waals surface area contributed by atoms with E-state index in [1.807, 2.05) is 0 Å². The van der Waals surface area contributed by atoms with E-state index in [0.717, 1.165) is 0 Å². The largest absolute Gasteiger partial charge is 0.0654 e. The molecule has 0 aromatic rings. The van der Waals surface area contributed by atoms with Crippen molar-refractivity contribution in [3.63, 3.8) is 0 Å². The molecule has 0 amide bonds. The Balaban J connectivity index is 2.99. The first-order chi connectivity index (χ1) is 7.56. The topological polar surface area (TPSA) is 0 Å². The van der Waals surface area contributed by atoms with Crippen LogP contribution in [0, 0.1) is 12.3 Å².